The summed E-state index contributed by atoms with van der Waals surface area (Å²) in [4.78, 5) is 10.2. The summed E-state index contributed by atoms with van der Waals surface area (Å²) in [6.45, 7) is 7.24. The highest BCUT2D eigenvalue weighted by atomic mass is 16.1. The second-order valence-corrected chi connectivity index (χ2v) is 2.18. The molecule has 0 rings (SSSR count). The smallest absolute Gasteiger partial charge is 0.217 e. The highest BCUT2D eigenvalue weighted by Gasteiger charge is 1.93. The van der Waals surface area contributed by atoms with Crippen molar-refractivity contribution in [2.24, 2.45) is 5.73 Å². The molecule has 2 N–H and O–H groups in total. The second-order valence-electron chi connectivity index (χ2n) is 2.18. The van der Waals surface area contributed by atoms with Crippen LogP contribution in [-0.4, -0.2) is 5.91 Å². The number of carbonyl (C=O) groups excluding carboxylic acids is 1. The zero-order valence-corrected chi connectivity index (χ0v) is 6.10. The van der Waals surface area contributed by atoms with Gasteiger partial charge in [0.25, 0.3) is 0 Å². The Labute approximate surface area is 61.4 Å². The standard InChI is InChI=1S/C8H13NO/c1-3-7(2)5-4-6-8(9)10/h3H,1-2,4-6H2,(H2,9,10). The molecule has 0 fully saturated rings. The van der Waals surface area contributed by atoms with E-state index in [0.717, 1.165) is 18.4 Å². The molecule has 0 aliphatic heterocycles. The maximum absolute atomic E-state index is 10.2. The van der Waals surface area contributed by atoms with Gasteiger partial charge in [0, 0.05) is 6.42 Å². The molecule has 1 amide bonds. The van der Waals surface area contributed by atoms with Crippen molar-refractivity contribution in [3.63, 3.8) is 0 Å². The van der Waals surface area contributed by atoms with E-state index < -0.39 is 0 Å². The fourth-order valence-electron chi connectivity index (χ4n) is 0.592. The first kappa shape index (κ1) is 8.95. The van der Waals surface area contributed by atoms with Gasteiger partial charge in [-0.2, -0.15) is 0 Å². The van der Waals surface area contributed by atoms with Crippen molar-refractivity contribution in [1.82, 2.24) is 0 Å². The minimum Gasteiger partial charge on any atom is -0.370 e. The van der Waals surface area contributed by atoms with Crippen LogP contribution in [0.1, 0.15) is 19.3 Å². The Morgan fingerprint density at radius 2 is 2.10 bits per heavy atom. The Morgan fingerprint density at radius 1 is 1.50 bits per heavy atom. The first-order valence-corrected chi connectivity index (χ1v) is 3.25. The molecule has 0 radical (unpaired) electrons. The summed E-state index contributed by atoms with van der Waals surface area (Å²) in [7, 11) is 0. The SMILES string of the molecule is C=CC(=C)CCCC(N)=O. The van der Waals surface area contributed by atoms with Gasteiger partial charge in [-0.1, -0.05) is 24.8 Å². The van der Waals surface area contributed by atoms with Gasteiger partial charge >= 0.3 is 0 Å². The second kappa shape index (κ2) is 4.79. The predicted molar refractivity (Wildman–Crippen MR) is 42.4 cm³/mol. The number of primary amides is 1. The summed E-state index contributed by atoms with van der Waals surface area (Å²) in [6, 6.07) is 0. The Bertz CT molecular complexity index is 149. The Morgan fingerprint density at radius 3 is 2.50 bits per heavy atom. The highest BCUT2D eigenvalue weighted by Crippen LogP contribution is 2.04. The van der Waals surface area contributed by atoms with Gasteiger partial charge in [0.15, 0.2) is 0 Å². The molecular weight excluding hydrogens is 126 g/mol. The number of nitrogens with two attached hydrogens (primary N) is 1. The zero-order chi connectivity index (χ0) is 7.98. The lowest BCUT2D eigenvalue weighted by Gasteiger charge is -1.95. The summed E-state index contributed by atoms with van der Waals surface area (Å²) in [5.41, 5.74) is 5.89. The normalized spacial score (nSPS) is 8.80. The fourth-order valence-corrected chi connectivity index (χ4v) is 0.592. The minimum atomic E-state index is -0.253. The Balaban J connectivity index is 3.28. The molecular formula is C8H13NO. The van der Waals surface area contributed by atoms with Gasteiger partial charge in [-0.05, 0) is 12.8 Å². The van der Waals surface area contributed by atoms with Crippen LogP contribution in [0.4, 0.5) is 0 Å². The molecule has 0 unspecified atom stereocenters. The molecule has 2 heteroatoms. The van der Waals surface area contributed by atoms with Crippen LogP contribution in [-0.2, 0) is 4.79 Å². The van der Waals surface area contributed by atoms with Crippen LogP contribution in [0.15, 0.2) is 24.8 Å². The fraction of sp³-hybridized carbons (Fsp3) is 0.375. The predicted octanol–water partition coefficient (Wildman–Crippen LogP) is 1.38. The van der Waals surface area contributed by atoms with Crippen molar-refractivity contribution in [2.75, 3.05) is 0 Å². The van der Waals surface area contributed by atoms with E-state index in [9.17, 15) is 4.79 Å². The Kier molecular flexibility index (Phi) is 4.29. The lowest BCUT2D eigenvalue weighted by atomic mass is 10.1. The molecule has 0 saturated heterocycles. The molecule has 0 saturated carbocycles. The number of carbonyl (C=O) groups is 1. The van der Waals surface area contributed by atoms with E-state index in [0.29, 0.717) is 6.42 Å². The van der Waals surface area contributed by atoms with E-state index in [1.54, 1.807) is 6.08 Å². The van der Waals surface area contributed by atoms with Crippen LogP contribution in [0, 0.1) is 0 Å². The van der Waals surface area contributed by atoms with E-state index >= 15 is 0 Å². The van der Waals surface area contributed by atoms with Crippen molar-refractivity contribution in [3.8, 4) is 0 Å². The van der Waals surface area contributed by atoms with Crippen molar-refractivity contribution in [3.05, 3.63) is 24.8 Å². The summed E-state index contributed by atoms with van der Waals surface area (Å²) in [5.74, 6) is -0.253. The number of hydrogen-bond donors (Lipinski definition) is 1. The van der Waals surface area contributed by atoms with Gasteiger partial charge in [-0.25, -0.2) is 0 Å². The van der Waals surface area contributed by atoms with Gasteiger partial charge in [0.05, 0.1) is 0 Å². The third-order valence-electron chi connectivity index (χ3n) is 1.21. The van der Waals surface area contributed by atoms with Gasteiger partial charge in [-0.3, -0.25) is 4.79 Å². The van der Waals surface area contributed by atoms with Crippen LogP contribution < -0.4 is 5.73 Å². The van der Waals surface area contributed by atoms with E-state index in [2.05, 4.69) is 13.2 Å². The summed E-state index contributed by atoms with van der Waals surface area (Å²) >= 11 is 0. The van der Waals surface area contributed by atoms with Crippen molar-refractivity contribution in [1.29, 1.82) is 0 Å². The average Bonchev–Trinajstić information content (AvgIpc) is 1.87. The molecule has 0 aliphatic carbocycles. The molecule has 0 spiro atoms. The van der Waals surface area contributed by atoms with Crippen molar-refractivity contribution >= 4 is 5.91 Å². The first-order valence-electron chi connectivity index (χ1n) is 3.25. The summed E-state index contributed by atoms with van der Waals surface area (Å²) in [5, 5.41) is 0. The monoisotopic (exact) mass is 139 g/mol. The molecule has 0 atom stereocenters. The number of hydrogen-bond acceptors (Lipinski definition) is 1. The van der Waals surface area contributed by atoms with Gasteiger partial charge < -0.3 is 5.73 Å². The quantitative estimate of drug-likeness (QED) is 0.574. The Hall–Kier alpha value is -1.05. The van der Waals surface area contributed by atoms with E-state index in [1.807, 2.05) is 0 Å². The van der Waals surface area contributed by atoms with Crippen LogP contribution in [0.5, 0.6) is 0 Å². The largest absolute Gasteiger partial charge is 0.370 e. The average molecular weight is 139 g/mol. The van der Waals surface area contributed by atoms with Gasteiger partial charge in [0.2, 0.25) is 5.91 Å². The van der Waals surface area contributed by atoms with Gasteiger partial charge in [-0.15, -0.1) is 0 Å². The minimum absolute atomic E-state index is 0.253. The van der Waals surface area contributed by atoms with Crippen molar-refractivity contribution in [2.45, 2.75) is 19.3 Å². The molecule has 0 heterocycles. The number of allylic oxidation sites excluding steroid dienone is 2. The highest BCUT2D eigenvalue weighted by molar-refractivity contribution is 5.73. The number of rotatable bonds is 5. The molecule has 0 bridgehead atoms. The first-order chi connectivity index (χ1) is 4.66. The molecule has 10 heavy (non-hydrogen) atoms. The van der Waals surface area contributed by atoms with Gasteiger partial charge in [0.1, 0.15) is 0 Å². The number of amides is 1. The molecule has 56 valence electrons. The van der Waals surface area contributed by atoms with Crippen molar-refractivity contribution < 1.29 is 4.79 Å². The molecule has 0 aromatic rings. The zero-order valence-electron chi connectivity index (χ0n) is 6.10. The molecule has 0 aromatic heterocycles. The van der Waals surface area contributed by atoms with Crippen LogP contribution >= 0.6 is 0 Å². The topological polar surface area (TPSA) is 43.1 Å². The van der Waals surface area contributed by atoms with Crippen LogP contribution in [0.2, 0.25) is 0 Å². The maximum Gasteiger partial charge on any atom is 0.217 e. The third-order valence-corrected chi connectivity index (χ3v) is 1.21. The van der Waals surface area contributed by atoms with Crippen LogP contribution in [0.3, 0.4) is 0 Å². The van der Waals surface area contributed by atoms with Crippen LogP contribution in [0.25, 0.3) is 0 Å². The van der Waals surface area contributed by atoms with E-state index in [4.69, 9.17) is 5.73 Å². The maximum atomic E-state index is 10.2. The van der Waals surface area contributed by atoms with E-state index in [1.165, 1.54) is 0 Å². The summed E-state index contributed by atoms with van der Waals surface area (Å²) < 4.78 is 0. The lowest BCUT2D eigenvalue weighted by Crippen LogP contribution is -2.09. The molecule has 2 nitrogen and oxygen atoms in total. The molecule has 0 aliphatic rings. The van der Waals surface area contributed by atoms with E-state index in [-0.39, 0.29) is 5.91 Å². The lowest BCUT2D eigenvalue weighted by molar-refractivity contribution is -0.118. The third kappa shape index (κ3) is 5.09. The summed E-state index contributed by atoms with van der Waals surface area (Å²) in [6.07, 6.45) is 3.72. The molecule has 0 aromatic carbocycles.